The molecule has 1 aliphatic carbocycles. The SMILES string of the molecule is Cn1cc(-c2cc3c(-n4cc(C5(O)CCC5)cn4)c(Cl)cnc3[nH]2)cn1. The maximum atomic E-state index is 10.6. The molecule has 26 heavy (non-hydrogen) atoms. The molecule has 1 fully saturated rings. The summed E-state index contributed by atoms with van der Waals surface area (Å²) in [4.78, 5) is 7.71. The van der Waals surface area contributed by atoms with Gasteiger partial charge in [0.15, 0.2) is 0 Å². The van der Waals surface area contributed by atoms with Crippen molar-refractivity contribution >= 4 is 22.6 Å². The average molecular weight is 369 g/mol. The second-order valence-corrected chi connectivity index (χ2v) is 7.27. The molecule has 0 atom stereocenters. The van der Waals surface area contributed by atoms with Crippen LogP contribution in [0, 0.1) is 0 Å². The van der Waals surface area contributed by atoms with E-state index in [0.717, 1.165) is 52.8 Å². The van der Waals surface area contributed by atoms with E-state index in [0.29, 0.717) is 5.02 Å². The third kappa shape index (κ3) is 2.28. The summed E-state index contributed by atoms with van der Waals surface area (Å²) in [5.41, 5.74) is 3.43. The van der Waals surface area contributed by atoms with E-state index >= 15 is 0 Å². The van der Waals surface area contributed by atoms with Crippen molar-refractivity contribution in [1.82, 2.24) is 29.5 Å². The van der Waals surface area contributed by atoms with Gasteiger partial charge in [0.2, 0.25) is 0 Å². The topological polar surface area (TPSA) is 84.5 Å². The first-order valence-corrected chi connectivity index (χ1v) is 8.85. The number of hydrogen-bond acceptors (Lipinski definition) is 4. The van der Waals surface area contributed by atoms with Gasteiger partial charge in [-0.3, -0.25) is 4.68 Å². The molecule has 0 saturated heterocycles. The number of hydrogen-bond donors (Lipinski definition) is 2. The second-order valence-electron chi connectivity index (χ2n) is 6.86. The van der Waals surface area contributed by atoms with Crippen LogP contribution in [0.2, 0.25) is 5.02 Å². The third-order valence-corrected chi connectivity index (χ3v) is 5.41. The molecule has 7 nitrogen and oxygen atoms in total. The van der Waals surface area contributed by atoms with E-state index in [1.807, 2.05) is 25.5 Å². The highest BCUT2D eigenvalue weighted by Crippen LogP contribution is 2.41. The molecule has 5 rings (SSSR count). The van der Waals surface area contributed by atoms with Gasteiger partial charge in [-0.25, -0.2) is 9.67 Å². The zero-order valence-electron chi connectivity index (χ0n) is 14.1. The van der Waals surface area contributed by atoms with Crippen LogP contribution in [0.5, 0.6) is 0 Å². The molecule has 1 aliphatic rings. The maximum Gasteiger partial charge on any atom is 0.140 e. The van der Waals surface area contributed by atoms with Gasteiger partial charge in [-0.2, -0.15) is 10.2 Å². The van der Waals surface area contributed by atoms with Crippen molar-refractivity contribution in [2.24, 2.45) is 7.05 Å². The Morgan fingerprint density at radius 1 is 1.19 bits per heavy atom. The minimum absolute atomic E-state index is 0.504. The summed E-state index contributed by atoms with van der Waals surface area (Å²) in [7, 11) is 1.88. The quantitative estimate of drug-likeness (QED) is 0.581. The predicted molar refractivity (Wildman–Crippen MR) is 98.2 cm³/mol. The smallest absolute Gasteiger partial charge is 0.140 e. The fourth-order valence-corrected chi connectivity index (χ4v) is 3.71. The Morgan fingerprint density at radius 2 is 2.04 bits per heavy atom. The molecule has 0 amide bonds. The van der Waals surface area contributed by atoms with Gasteiger partial charge in [-0.1, -0.05) is 11.6 Å². The van der Waals surface area contributed by atoms with E-state index in [2.05, 4.69) is 20.2 Å². The lowest BCUT2D eigenvalue weighted by molar-refractivity contribution is -0.0388. The average Bonchev–Trinajstić information content (AvgIpc) is 3.31. The zero-order chi connectivity index (χ0) is 17.9. The molecule has 0 radical (unpaired) electrons. The van der Waals surface area contributed by atoms with Crippen molar-refractivity contribution in [3.05, 3.63) is 47.6 Å². The number of fused-ring (bicyclic) bond motifs is 1. The number of H-pyrrole nitrogens is 1. The van der Waals surface area contributed by atoms with E-state index in [-0.39, 0.29) is 0 Å². The Kier molecular flexibility index (Phi) is 3.26. The maximum absolute atomic E-state index is 10.6. The monoisotopic (exact) mass is 368 g/mol. The minimum atomic E-state index is -0.754. The molecule has 4 heterocycles. The van der Waals surface area contributed by atoms with Crippen LogP contribution in [0.25, 0.3) is 28.0 Å². The molecule has 4 aromatic rings. The fraction of sp³-hybridized carbons (Fsp3) is 0.278. The predicted octanol–water partition coefficient (Wildman–Crippen LogP) is 3.17. The van der Waals surface area contributed by atoms with Gasteiger partial charge >= 0.3 is 0 Å². The van der Waals surface area contributed by atoms with Crippen LogP contribution in [0.4, 0.5) is 0 Å². The number of aliphatic hydroxyl groups is 1. The lowest BCUT2D eigenvalue weighted by Crippen LogP contribution is -2.33. The number of aromatic nitrogens is 6. The molecule has 4 aromatic heterocycles. The van der Waals surface area contributed by atoms with Gasteiger partial charge in [-0.15, -0.1) is 0 Å². The van der Waals surface area contributed by atoms with E-state index < -0.39 is 5.60 Å². The Bertz CT molecular complexity index is 1120. The van der Waals surface area contributed by atoms with Crippen LogP contribution in [-0.4, -0.2) is 34.6 Å². The molecule has 8 heteroatoms. The number of aryl methyl sites for hydroxylation is 1. The Hall–Kier alpha value is -2.64. The summed E-state index contributed by atoms with van der Waals surface area (Å²) in [6, 6.07) is 2.00. The first-order chi connectivity index (χ1) is 12.5. The highest BCUT2D eigenvalue weighted by atomic mass is 35.5. The van der Waals surface area contributed by atoms with Crippen molar-refractivity contribution in [2.45, 2.75) is 24.9 Å². The molecule has 2 N–H and O–H groups in total. The zero-order valence-corrected chi connectivity index (χ0v) is 14.9. The van der Waals surface area contributed by atoms with Crippen molar-refractivity contribution in [3.8, 4) is 16.9 Å². The Balaban J connectivity index is 1.65. The summed E-state index contributed by atoms with van der Waals surface area (Å²) in [6.07, 6.45) is 11.5. The molecular formula is C18H17ClN6O. The van der Waals surface area contributed by atoms with Gasteiger partial charge in [0.05, 0.1) is 40.6 Å². The molecule has 0 spiro atoms. The second kappa shape index (κ2) is 5.43. The van der Waals surface area contributed by atoms with Gasteiger partial charge in [0.1, 0.15) is 5.65 Å². The van der Waals surface area contributed by atoms with Crippen molar-refractivity contribution in [1.29, 1.82) is 0 Å². The number of aromatic amines is 1. The lowest BCUT2D eigenvalue weighted by Gasteiger charge is -2.35. The number of nitrogens with one attached hydrogen (secondary N) is 1. The summed E-state index contributed by atoms with van der Waals surface area (Å²) in [5.74, 6) is 0. The molecule has 132 valence electrons. The molecule has 0 unspecified atom stereocenters. The molecular weight excluding hydrogens is 352 g/mol. The van der Waals surface area contributed by atoms with Crippen LogP contribution >= 0.6 is 11.6 Å². The Labute approximate surface area is 154 Å². The van der Waals surface area contributed by atoms with E-state index in [9.17, 15) is 5.11 Å². The fourth-order valence-electron chi connectivity index (χ4n) is 3.47. The number of rotatable bonds is 3. The molecule has 0 bridgehead atoms. The van der Waals surface area contributed by atoms with Crippen molar-refractivity contribution < 1.29 is 5.11 Å². The van der Waals surface area contributed by atoms with Gasteiger partial charge in [0.25, 0.3) is 0 Å². The molecule has 1 saturated carbocycles. The first-order valence-electron chi connectivity index (χ1n) is 8.48. The summed E-state index contributed by atoms with van der Waals surface area (Å²) >= 11 is 6.45. The largest absolute Gasteiger partial charge is 0.385 e. The van der Waals surface area contributed by atoms with Crippen LogP contribution < -0.4 is 0 Å². The van der Waals surface area contributed by atoms with Crippen LogP contribution in [0.3, 0.4) is 0 Å². The standard InChI is InChI=1S/C18H17ClN6O/c1-24-9-11(6-21-24)15-5-13-16(14(19)8-20-17(13)23-15)25-10-12(7-22-25)18(26)3-2-4-18/h5-10,26H,2-4H2,1H3,(H,20,23). The van der Waals surface area contributed by atoms with E-state index in [4.69, 9.17) is 11.6 Å². The van der Waals surface area contributed by atoms with Crippen molar-refractivity contribution in [2.75, 3.05) is 0 Å². The highest BCUT2D eigenvalue weighted by Gasteiger charge is 2.37. The van der Waals surface area contributed by atoms with Crippen LogP contribution in [0.15, 0.2) is 37.1 Å². The summed E-state index contributed by atoms with van der Waals surface area (Å²) < 4.78 is 3.47. The summed E-state index contributed by atoms with van der Waals surface area (Å²) in [6.45, 7) is 0. The molecule has 0 aromatic carbocycles. The molecule has 0 aliphatic heterocycles. The highest BCUT2D eigenvalue weighted by molar-refractivity contribution is 6.33. The van der Waals surface area contributed by atoms with Crippen molar-refractivity contribution in [3.63, 3.8) is 0 Å². The van der Waals surface area contributed by atoms with E-state index in [1.165, 1.54) is 0 Å². The number of pyridine rings is 1. The van der Waals surface area contributed by atoms with Gasteiger partial charge in [-0.05, 0) is 25.3 Å². The van der Waals surface area contributed by atoms with Gasteiger partial charge < -0.3 is 10.1 Å². The lowest BCUT2D eigenvalue weighted by atomic mass is 9.76. The normalized spacial score (nSPS) is 16.1. The van der Waals surface area contributed by atoms with Gasteiger partial charge in [0, 0.05) is 36.0 Å². The number of halogens is 1. The Morgan fingerprint density at radius 3 is 2.73 bits per heavy atom. The van der Waals surface area contributed by atoms with Crippen LogP contribution in [-0.2, 0) is 12.6 Å². The number of nitrogens with zero attached hydrogens (tertiary/aromatic N) is 5. The first kappa shape index (κ1) is 15.6. The third-order valence-electron chi connectivity index (χ3n) is 5.13. The van der Waals surface area contributed by atoms with E-state index in [1.54, 1.807) is 28.0 Å². The minimum Gasteiger partial charge on any atom is -0.385 e. The summed E-state index contributed by atoms with van der Waals surface area (Å²) in [5, 5.41) is 20.6. The van der Waals surface area contributed by atoms with Crippen LogP contribution in [0.1, 0.15) is 24.8 Å².